The van der Waals surface area contributed by atoms with Gasteiger partial charge in [0.05, 0.1) is 5.52 Å². The second kappa shape index (κ2) is 2.59. The number of nitrogens with zero attached hydrogens (tertiary/aromatic N) is 1. The molecule has 0 aliphatic rings. The van der Waals surface area contributed by atoms with Crippen LogP contribution in [0, 0.1) is 0 Å². The standard InChI is InChI=1S/C12H10NP/c1-8-10-6-2-4-9-5-3-7-11(12(9)10)13(8)14/h2-7H,1,14H2. The molecule has 1 nitrogen and oxygen atoms in total. The van der Waals surface area contributed by atoms with Crippen LogP contribution in [0.5, 0.6) is 0 Å². The molecule has 1 atom stereocenters. The Kier molecular flexibility index (Phi) is 1.48. The van der Waals surface area contributed by atoms with Crippen molar-refractivity contribution in [2.45, 2.75) is 0 Å². The van der Waals surface area contributed by atoms with Gasteiger partial charge in [-0.05, 0) is 20.8 Å². The highest BCUT2D eigenvalue weighted by atomic mass is 31.0. The van der Waals surface area contributed by atoms with Crippen LogP contribution in [0.4, 0.5) is 0 Å². The average Bonchev–Trinajstić information content (AvgIpc) is 2.47. The molecule has 0 amide bonds. The maximum atomic E-state index is 4.08. The van der Waals surface area contributed by atoms with Gasteiger partial charge >= 0.3 is 0 Å². The van der Waals surface area contributed by atoms with Crippen molar-refractivity contribution < 1.29 is 0 Å². The van der Waals surface area contributed by atoms with Crippen molar-refractivity contribution >= 4 is 37.6 Å². The molecular weight excluding hydrogens is 189 g/mol. The number of hydrogen-bond acceptors (Lipinski definition) is 0. The van der Waals surface area contributed by atoms with Gasteiger partial charge in [-0.25, -0.2) is 0 Å². The molecule has 1 heterocycles. The van der Waals surface area contributed by atoms with Crippen molar-refractivity contribution in [3.63, 3.8) is 0 Å². The minimum atomic E-state index is 1.06. The third-order valence-electron chi connectivity index (χ3n) is 2.74. The van der Waals surface area contributed by atoms with Crippen LogP contribution < -0.4 is 5.35 Å². The predicted molar refractivity (Wildman–Crippen MR) is 65.3 cm³/mol. The normalized spacial score (nSPS) is 11.5. The molecule has 2 aromatic carbocycles. The van der Waals surface area contributed by atoms with Crippen molar-refractivity contribution in [3.05, 3.63) is 41.7 Å². The summed E-state index contributed by atoms with van der Waals surface area (Å²) < 4.78 is 2.07. The summed E-state index contributed by atoms with van der Waals surface area (Å²) in [6.07, 6.45) is 0. The summed E-state index contributed by atoms with van der Waals surface area (Å²) in [4.78, 5) is 0. The van der Waals surface area contributed by atoms with E-state index in [0.29, 0.717) is 0 Å². The van der Waals surface area contributed by atoms with Crippen molar-refractivity contribution in [2.75, 3.05) is 0 Å². The maximum Gasteiger partial charge on any atom is 0.0526 e. The molecule has 1 unspecified atom stereocenters. The highest BCUT2D eigenvalue weighted by Gasteiger charge is 2.06. The molecule has 0 N–H and O–H groups in total. The molecule has 0 aliphatic carbocycles. The molecule has 0 radical (unpaired) electrons. The van der Waals surface area contributed by atoms with E-state index in [1.54, 1.807) is 0 Å². The molecule has 0 bridgehead atoms. The Bertz CT molecular complexity index is 661. The monoisotopic (exact) mass is 199 g/mol. The summed E-state index contributed by atoms with van der Waals surface area (Å²) in [5.74, 6) is 0. The third-order valence-corrected chi connectivity index (χ3v) is 3.33. The van der Waals surface area contributed by atoms with E-state index in [1.807, 2.05) is 0 Å². The second-order valence-electron chi connectivity index (χ2n) is 3.50. The summed E-state index contributed by atoms with van der Waals surface area (Å²) >= 11 is 0. The van der Waals surface area contributed by atoms with Gasteiger partial charge in [-0.15, -0.1) is 0 Å². The summed E-state index contributed by atoms with van der Waals surface area (Å²) in [6.45, 7) is 4.08. The summed E-state index contributed by atoms with van der Waals surface area (Å²) in [7, 11) is 2.71. The Hall–Kier alpha value is -1.33. The molecule has 0 fully saturated rings. The summed E-state index contributed by atoms with van der Waals surface area (Å²) in [6, 6.07) is 12.7. The van der Waals surface area contributed by atoms with Crippen LogP contribution in [-0.2, 0) is 0 Å². The fourth-order valence-corrected chi connectivity index (χ4v) is 2.39. The van der Waals surface area contributed by atoms with Crippen LogP contribution in [0.1, 0.15) is 0 Å². The van der Waals surface area contributed by atoms with E-state index < -0.39 is 0 Å². The third kappa shape index (κ3) is 0.830. The van der Waals surface area contributed by atoms with Crippen molar-refractivity contribution in [3.8, 4) is 0 Å². The smallest absolute Gasteiger partial charge is 0.0526 e. The van der Waals surface area contributed by atoms with E-state index in [1.165, 1.54) is 21.7 Å². The summed E-state index contributed by atoms with van der Waals surface area (Å²) in [5.41, 5.74) is 1.23. The molecule has 68 valence electrons. The summed E-state index contributed by atoms with van der Waals surface area (Å²) in [5, 5.41) is 4.90. The van der Waals surface area contributed by atoms with Crippen LogP contribution >= 0.6 is 9.39 Å². The van der Waals surface area contributed by atoms with E-state index in [0.717, 1.165) is 5.35 Å². The Balaban J connectivity index is 2.83. The first-order valence-electron chi connectivity index (χ1n) is 4.55. The van der Waals surface area contributed by atoms with Gasteiger partial charge in [0.1, 0.15) is 0 Å². The number of rotatable bonds is 0. The van der Waals surface area contributed by atoms with Crippen molar-refractivity contribution in [2.24, 2.45) is 0 Å². The van der Waals surface area contributed by atoms with E-state index in [2.05, 4.69) is 56.7 Å². The lowest BCUT2D eigenvalue weighted by Gasteiger charge is -1.97. The molecule has 3 aromatic rings. The molecule has 0 aliphatic heterocycles. The Morgan fingerprint density at radius 3 is 2.57 bits per heavy atom. The maximum absolute atomic E-state index is 4.08. The lowest BCUT2D eigenvalue weighted by molar-refractivity contribution is 1.30. The Morgan fingerprint density at radius 1 is 1.07 bits per heavy atom. The van der Waals surface area contributed by atoms with Crippen LogP contribution in [0.3, 0.4) is 0 Å². The second-order valence-corrected chi connectivity index (χ2v) is 4.01. The Morgan fingerprint density at radius 2 is 1.79 bits per heavy atom. The largest absolute Gasteiger partial charge is 0.325 e. The number of aromatic nitrogens is 1. The quantitative estimate of drug-likeness (QED) is 0.490. The zero-order valence-electron chi connectivity index (χ0n) is 7.70. The van der Waals surface area contributed by atoms with Crippen LogP contribution in [-0.4, -0.2) is 4.34 Å². The van der Waals surface area contributed by atoms with E-state index in [-0.39, 0.29) is 0 Å². The topological polar surface area (TPSA) is 4.93 Å². The van der Waals surface area contributed by atoms with Gasteiger partial charge in [0.2, 0.25) is 0 Å². The lowest BCUT2D eigenvalue weighted by Crippen LogP contribution is -2.03. The average molecular weight is 199 g/mol. The predicted octanol–water partition coefficient (Wildman–Crippen LogP) is 2.56. The zero-order valence-corrected chi connectivity index (χ0v) is 8.85. The highest BCUT2D eigenvalue weighted by Crippen LogP contribution is 2.25. The van der Waals surface area contributed by atoms with Gasteiger partial charge in [0, 0.05) is 16.1 Å². The lowest BCUT2D eigenvalue weighted by atomic mass is 10.1. The highest BCUT2D eigenvalue weighted by molar-refractivity contribution is 7.15. The minimum absolute atomic E-state index is 1.06. The van der Waals surface area contributed by atoms with Gasteiger partial charge in [-0.1, -0.05) is 36.9 Å². The molecule has 0 saturated heterocycles. The van der Waals surface area contributed by atoms with Crippen molar-refractivity contribution in [1.29, 1.82) is 0 Å². The van der Waals surface area contributed by atoms with E-state index in [9.17, 15) is 0 Å². The van der Waals surface area contributed by atoms with Gasteiger partial charge < -0.3 is 4.34 Å². The van der Waals surface area contributed by atoms with Gasteiger partial charge in [0.15, 0.2) is 0 Å². The van der Waals surface area contributed by atoms with Crippen molar-refractivity contribution in [1.82, 2.24) is 4.34 Å². The number of hydrogen-bond donors (Lipinski definition) is 0. The first-order chi connectivity index (χ1) is 6.79. The minimum Gasteiger partial charge on any atom is -0.325 e. The molecular formula is C12H10NP. The first-order valence-corrected chi connectivity index (χ1v) is 5.06. The van der Waals surface area contributed by atoms with Gasteiger partial charge in [0.25, 0.3) is 0 Å². The fraction of sp³-hybridized carbons (Fsp3) is 0. The zero-order chi connectivity index (χ0) is 9.71. The van der Waals surface area contributed by atoms with Crippen LogP contribution in [0.15, 0.2) is 36.4 Å². The van der Waals surface area contributed by atoms with Gasteiger partial charge in [-0.2, -0.15) is 0 Å². The molecule has 1 aromatic heterocycles. The van der Waals surface area contributed by atoms with Gasteiger partial charge in [-0.3, -0.25) is 0 Å². The molecule has 14 heavy (non-hydrogen) atoms. The van der Waals surface area contributed by atoms with E-state index >= 15 is 0 Å². The Labute approximate surface area is 84.3 Å². The van der Waals surface area contributed by atoms with Crippen LogP contribution in [0.25, 0.3) is 28.3 Å². The SMILES string of the molecule is C=c1c2cccc3cccc(c32)n1P. The molecule has 2 heteroatoms. The fourth-order valence-electron chi connectivity index (χ4n) is 2.04. The van der Waals surface area contributed by atoms with Crippen LogP contribution in [0.2, 0.25) is 0 Å². The molecule has 0 spiro atoms. The molecule has 3 rings (SSSR count). The molecule has 0 saturated carbocycles. The van der Waals surface area contributed by atoms with E-state index in [4.69, 9.17) is 0 Å². The first kappa shape index (κ1) is 8.02. The number of benzene rings is 2.